The minimum absolute atomic E-state index is 0.139. The Balaban J connectivity index is 0.000000277. The molecule has 396 valence electrons. The summed E-state index contributed by atoms with van der Waals surface area (Å²) < 4.78 is 10.9. The molecule has 6 rings (SSSR count). The standard InChI is InChI=1S/C28H6.C15H28N2O2.C13H24N2O2.C11H21N/c1-3-5-7-9-11-13-15-17-19-21-23-25-27-28-26-24-22-20-18-16-14-12-10-8-6-4-2;1-15(2,3)19-14(18)17-9-11-7-6-8-13(16(4)5)12(11)10-17;1-13(2,3)17-12(16)15-7-9-5-4-6-11(14)10(9)8-15;1-12(2)11-8-4-6-9-5-3-7-10(9)11/h1-2H3;11-13H,6-10H2,1-5H3;9-11H,4-8,14H2,1-3H3;9-11H,3-8H2,1-2H3/t;11-,12+,13-;9-,10+,11-;9-,10-,11+/m.110/s1. The molecule has 76 heavy (non-hydrogen) atoms. The molecule has 2 saturated heterocycles. The second-order valence-electron chi connectivity index (χ2n) is 22.0. The van der Waals surface area contributed by atoms with E-state index in [0.29, 0.717) is 29.7 Å². The highest BCUT2D eigenvalue weighted by molar-refractivity contribution is 5.69. The summed E-state index contributed by atoms with van der Waals surface area (Å²) in [7, 11) is 8.82. The summed E-state index contributed by atoms with van der Waals surface area (Å²) in [4.78, 5) is 32.7. The van der Waals surface area contributed by atoms with Crippen molar-refractivity contribution in [1.82, 2.24) is 19.6 Å². The Morgan fingerprint density at radius 2 is 0.684 bits per heavy atom. The van der Waals surface area contributed by atoms with Gasteiger partial charge in [0.15, 0.2) is 0 Å². The van der Waals surface area contributed by atoms with Gasteiger partial charge in [-0.05, 0) is 252 Å². The van der Waals surface area contributed by atoms with Crippen LogP contribution in [0.5, 0.6) is 0 Å². The maximum absolute atomic E-state index is 12.2. The first-order valence-electron chi connectivity index (χ1n) is 26.7. The SMILES string of the molecule is CC#CC#CC#CC#CC#CC#CC#CC#CC#CC#CC#CC#CC#CC.CC(C)(C)OC(=O)N1C[C@H]2CCC[C@@H](N)[C@H]2C1.CN(C)[C@@H]1CCC[C@@H]2CCC[C@@H]21.CN(C)[C@@H]1CCC[C@@H]2CN(C(=O)OC(C)(C)C)C[C@@H]21. The number of fused-ring (bicyclic) bond motifs is 3. The van der Waals surface area contributed by atoms with Crippen LogP contribution in [0.1, 0.15) is 132 Å². The van der Waals surface area contributed by atoms with Crippen LogP contribution in [0.4, 0.5) is 9.59 Å². The van der Waals surface area contributed by atoms with E-state index >= 15 is 0 Å². The van der Waals surface area contributed by atoms with E-state index in [1.165, 1.54) is 70.6 Å². The Morgan fingerprint density at radius 3 is 1.01 bits per heavy atom. The molecular weight excluding hydrogens is 939 g/mol. The Hall–Kier alpha value is -7.30. The van der Waals surface area contributed by atoms with Gasteiger partial charge in [-0.1, -0.05) is 50.4 Å². The first-order valence-corrected chi connectivity index (χ1v) is 26.7. The van der Waals surface area contributed by atoms with Crippen molar-refractivity contribution in [2.45, 2.75) is 162 Å². The van der Waals surface area contributed by atoms with Gasteiger partial charge in [0, 0.05) is 91.7 Å². The number of rotatable bonds is 2. The van der Waals surface area contributed by atoms with Crippen molar-refractivity contribution in [2.75, 3.05) is 54.4 Å². The van der Waals surface area contributed by atoms with Gasteiger partial charge in [-0.15, -0.1) is 0 Å². The Kier molecular flexibility index (Phi) is 28.4. The smallest absolute Gasteiger partial charge is 0.410 e. The van der Waals surface area contributed by atoms with Crippen LogP contribution < -0.4 is 5.73 Å². The average molecular weight is 1020 g/mol. The zero-order valence-electron chi connectivity index (χ0n) is 47.5. The molecule has 2 aliphatic heterocycles. The highest BCUT2D eigenvalue weighted by Gasteiger charge is 2.44. The number of hydrogen-bond acceptors (Lipinski definition) is 7. The molecule has 9 heteroatoms. The zero-order chi connectivity index (χ0) is 55.8. The lowest BCUT2D eigenvalue weighted by atomic mass is 9.77. The Morgan fingerprint density at radius 1 is 0.395 bits per heavy atom. The monoisotopic (exact) mass is 1020 g/mol. The summed E-state index contributed by atoms with van der Waals surface area (Å²) in [5.74, 6) is 70.1. The Labute approximate surface area is 460 Å². The van der Waals surface area contributed by atoms with Gasteiger partial charge in [-0.3, -0.25) is 0 Å². The molecule has 4 saturated carbocycles. The molecule has 6 aliphatic rings. The third kappa shape index (κ3) is 24.8. The second-order valence-corrected chi connectivity index (χ2v) is 22.0. The number of nitrogens with zero attached hydrogens (tertiary/aromatic N) is 4. The van der Waals surface area contributed by atoms with E-state index in [9.17, 15) is 9.59 Å². The first kappa shape index (κ1) is 63.0. The molecule has 0 radical (unpaired) electrons. The lowest BCUT2D eigenvalue weighted by Gasteiger charge is -2.38. The van der Waals surface area contributed by atoms with Crippen LogP contribution >= 0.6 is 0 Å². The highest BCUT2D eigenvalue weighted by atomic mass is 16.6. The van der Waals surface area contributed by atoms with Gasteiger partial charge in [0.05, 0.1) is 0 Å². The van der Waals surface area contributed by atoms with E-state index in [1.54, 1.807) is 13.8 Å². The third-order valence-electron chi connectivity index (χ3n) is 13.8. The number of likely N-dealkylation sites (tertiary alicyclic amines) is 2. The third-order valence-corrected chi connectivity index (χ3v) is 13.8. The van der Waals surface area contributed by atoms with Crippen LogP contribution in [-0.2, 0) is 9.47 Å². The van der Waals surface area contributed by atoms with E-state index in [4.69, 9.17) is 15.2 Å². The van der Waals surface area contributed by atoms with Crippen LogP contribution in [-0.4, -0.2) is 115 Å². The van der Waals surface area contributed by atoms with Crippen LogP contribution in [0.25, 0.3) is 0 Å². The molecule has 2 amide bonds. The largest absolute Gasteiger partial charge is 0.444 e. The predicted molar refractivity (Wildman–Crippen MR) is 307 cm³/mol. The van der Waals surface area contributed by atoms with Crippen molar-refractivity contribution in [3.8, 4) is 154 Å². The summed E-state index contributed by atoms with van der Waals surface area (Å²) in [5.41, 5.74) is 5.32. The van der Waals surface area contributed by atoms with Crippen molar-refractivity contribution in [2.24, 2.45) is 41.2 Å². The second kappa shape index (κ2) is 34.3. The van der Waals surface area contributed by atoms with E-state index in [0.717, 1.165) is 50.5 Å². The van der Waals surface area contributed by atoms with Gasteiger partial charge in [-0.25, -0.2) is 9.59 Å². The molecule has 0 aromatic carbocycles. The molecule has 0 aromatic rings. The zero-order valence-corrected chi connectivity index (χ0v) is 47.5. The van der Waals surface area contributed by atoms with Gasteiger partial charge in [0.25, 0.3) is 0 Å². The lowest BCUT2D eigenvalue weighted by Crippen LogP contribution is -2.42. The highest BCUT2D eigenvalue weighted by Crippen LogP contribution is 2.43. The molecule has 0 bridgehead atoms. The summed E-state index contributed by atoms with van der Waals surface area (Å²) in [6, 6.07) is 1.79. The number of nitrogens with two attached hydrogens (primary N) is 1. The fourth-order valence-corrected chi connectivity index (χ4v) is 10.7. The van der Waals surface area contributed by atoms with E-state index in [-0.39, 0.29) is 18.2 Å². The molecule has 0 unspecified atom stereocenters. The molecule has 4 aliphatic carbocycles. The van der Waals surface area contributed by atoms with Crippen LogP contribution in [0.2, 0.25) is 0 Å². The molecule has 9 atom stereocenters. The van der Waals surface area contributed by atoms with Gasteiger partial charge in [-0.2, -0.15) is 0 Å². The topological polar surface area (TPSA) is 91.6 Å². The summed E-state index contributed by atoms with van der Waals surface area (Å²) in [6.45, 7) is 18.2. The molecule has 2 N–H and O–H groups in total. The number of hydrogen-bond donors (Lipinski definition) is 1. The number of amides is 2. The van der Waals surface area contributed by atoms with E-state index in [1.807, 2.05) is 51.3 Å². The number of ether oxygens (including phenoxy) is 2. The molecule has 0 spiro atoms. The summed E-state index contributed by atoms with van der Waals surface area (Å²) in [6.07, 6.45) is 16.0. The van der Waals surface area contributed by atoms with Crippen LogP contribution in [0, 0.1) is 189 Å². The normalized spacial score (nSPS) is 23.4. The van der Waals surface area contributed by atoms with E-state index in [2.05, 4.69) is 192 Å². The van der Waals surface area contributed by atoms with Gasteiger partial charge in [0.2, 0.25) is 0 Å². The minimum atomic E-state index is -0.410. The summed E-state index contributed by atoms with van der Waals surface area (Å²) in [5, 5.41) is 0. The van der Waals surface area contributed by atoms with Crippen molar-refractivity contribution >= 4 is 12.2 Å². The van der Waals surface area contributed by atoms with Crippen molar-refractivity contribution in [1.29, 1.82) is 0 Å². The van der Waals surface area contributed by atoms with Crippen molar-refractivity contribution < 1.29 is 19.1 Å². The summed E-state index contributed by atoms with van der Waals surface area (Å²) >= 11 is 0. The van der Waals surface area contributed by atoms with Crippen molar-refractivity contribution in [3.05, 3.63) is 0 Å². The Bertz CT molecular complexity index is 2740. The maximum atomic E-state index is 12.2. The molecule has 2 heterocycles. The predicted octanol–water partition coefficient (Wildman–Crippen LogP) is 8.15. The van der Waals surface area contributed by atoms with Crippen LogP contribution in [0.3, 0.4) is 0 Å². The molecular formula is C67H79N5O4. The minimum Gasteiger partial charge on any atom is -0.444 e. The van der Waals surface area contributed by atoms with Gasteiger partial charge in [0.1, 0.15) is 11.2 Å². The van der Waals surface area contributed by atoms with E-state index < -0.39 is 11.2 Å². The first-order chi connectivity index (χ1) is 36.3. The number of carbonyl (C=O) groups is 2. The van der Waals surface area contributed by atoms with Gasteiger partial charge < -0.3 is 34.8 Å². The molecule has 0 aromatic heterocycles. The molecule has 9 nitrogen and oxygen atoms in total. The number of carbonyl (C=O) groups excluding carboxylic acids is 2. The lowest BCUT2D eigenvalue weighted by molar-refractivity contribution is 0.0271. The molecule has 6 fully saturated rings. The van der Waals surface area contributed by atoms with Gasteiger partial charge >= 0.3 is 12.2 Å². The fraction of sp³-hybridized carbons (Fsp3) is 0.582. The maximum Gasteiger partial charge on any atom is 0.410 e. The van der Waals surface area contributed by atoms with Crippen molar-refractivity contribution in [3.63, 3.8) is 0 Å². The average Bonchev–Trinajstić information content (AvgIpc) is 4.15. The quantitative estimate of drug-likeness (QED) is 0.280. The van der Waals surface area contributed by atoms with Crippen LogP contribution in [0.15, 0.2) is 0 Å². The fourth-order valence-electron chi connectivity index (χ4n) is 10.7.